The average molecular weight is 581 g/mol. The van der Waals surface area contributed by atoms with Gasteiger partial charge < -0.3 is 14.3 Å². The number of hydrogen-bond acceptors (Lipinski definition) is 4. The van der Waals surface area contributed by atoms with Crippen LogP contribution in [0.2, 0.25) is 0 Å². The molecule has 0 spiro atoms. The number of rotatable bonds is 29. The molecule has 0 amide bonds. The van der Waals surface area contributed by atoms with E-state index in [-0.39, 0.29) is 25.2 Å². The van der Waals surface area contributed by atoms with Crippen LogP contribution in [-0.2, 0) is 19.1 Å². The number of allylic oxidation sites excluding steroid dienone is 2. The summed E-state index contributed by atoms with van der Waals surface area (Å²) in [4.78, 5) is 38.1. The van der Waals surface area contributed by atoms with Gasteiger partial charge in [0.05, 0.1) is 27.6 Å². The lowest BCUT2D eigenvalue weighted by atomic mass is 9.89. The molecule has 1 N–H and O–H groups in total. The van der Waals surface area contributed by atoms with Gasteiger partial charge in [0, 0.05) is 12.8 Å². The highest BCUT2D eigenvalue weighted by atomic mass is 16.6. The topological polar surface area (TPSA) is 80.7 Å². The molecule has 6 nitrogen and oxygen atoms in total. The van der Waals surface area contributed by atoms with Gasteiger partial charge in [0.2, 0.25) is 5.60 Å². The Morgan fingerprint density at radius 2 is 1.05 bits per heavy atom. The van der Waals surface area contributed by atoms with Crippen molar-refractivity contribution in [3.8, 4) is 0 Å². The van der Waals surface area contributed by atoms with Crippen LogP contribution in [0.25, 0.3) is 0 Å². The lowest BCUT2D eigenvalue weighted by molar-refractivity contribution is -0.875. The molecule has 1 unspecified atom stereocenters. The molecule has 0 aliphatic heterocycles. The molecule has 0 aliphatic rings. The molecule has 0 fully saturated rings. The Balaban J connectivity index is 4.53. The van der Waals surface area contributed by atoms with Crippen LogP contribution >= 0.6 is 0 Å². The van der Waals surface area contributed by atoms with Crippen LogP contribution in [-0.4, -0.2) is 60.6 Å². The van der Waals surface area contributed by atoms with Gasteiger partial charge in [-0.2, -0.15) is 0 Å². The van der Waals surface area contributed by atoms with E-state index in [0.717, 1.165) is 51.4 Å². The number of aliphatic carboxylic acids is 1. The van der Waals surface area contributed by atoms with Crippen molar-refractivity contribution in [1.29, 1.82) is 0 Å². The van der Waals surface area contributed by atoms with E-state index in [1.807, 2.05) is 21.1 Å². The number of ketones is 1. The van der Waals surface area contributed by atoms with Crippen LogP contribution < -0.4 is 0 Å². The number of likely N-dealkylation sites (N-methyl/N-ethyl adjacent to an activating group) is 1. The highest BCUT2D eigenvalue weighted by Gasteiger charge is 2.48. The summed E-state index contributed by atoms with van der Waals surface area (Å²) in [6.45, 7) is 4.60. The Kier molecular flexibility index (Phi) is 23.8. The standard InChI is InChI=1S/C35H65NO5/c1-6-8-10-12-14-15-16-17-18-19-20-21-23-25-27-29-34(40)41-35(30-33(38)39,31-36(3,4)5)32(37)28-26-24-22-13-11-9-7-2/h17-18H,6-16,19-31H2,1-5H3/p+1/b18-17-. The second-order valence-corrected chi connectivity index (χ2v) is 13.1. The van der Waals surface area contributed by atoms with Crippen molar-refractivity contribution in [2.45, 2.75) is 167 Å². The van der Waals surface area contributed by atoms with E-state index < -0.39 is 24.0 Å². The molecule has 240 valence electrons. The van der Waals surface area contributed by atoms with Crippen LogP contribution in [0.3, 0.4) is 0 Å². The first kappa shape index (κ1) is 39.3. The third kappa shape index (κ3) is 23.6. The molecule has 0 bridgehead atoms. The minimum absolute atomic E-state index is 0.159. The first-order valence-electron chi connectivity index (χ1n) is 17.0. The molecule has 0 aromatic rings. The minimum Gasteiger partial charge on any atom is -0.481 e. The van der Waals surface area contributed by atoms with Gasteiger partial charge >= 0.3 is 11.9 Å². The molecule has 0 radical (unpaired) electrons. The molecule has 1 atom stereocenters. The van der Waals surface area contributed by atoms with Gasteiger partial charge in [-0.25, -0.2) is 0 Å². The second kappa shape index (κ2) is 24.9. The highest BCUT2D eigenvalue weighted by Crippen LogP contribution is 2.26. The molecule has 0 heterocycles. The summed E-state index contributed by atoms with van der Waals surface area (Å²) in [5.74, 6) is -1.81. The largest absolute Gasteiger partial charge is 0.481 e. The van der Waals surface area contributed by atoms with E-state index in [2.05, 4.69) is 26.0 Å². The van der Waals surface area contributed by atoms with Crippen molar-refractivity contribution >= 4 is 17.7 Å². The fraction of sp³-hybridized carbons (Fsp3) is 0.857. The van der Waals surface area contributed by atoms with Crippen LogP contribution in [0.1, 0.15) is 162 Å². The molecular weight excluding hydrogens is 514 g/mol. The van der Waals surface area contributed by atoms with Crippen LogP contribution in [0.4, 0.5) is 0 Å². The summed E-state index contributed by atoms with van der Waals surface area (Å²) in [5.41, 5.74) is -1.61. The van der Waals surface area contributed by atoms with Crippen molar-refractivity contribution < 1.29 is 28.7 Å². The van der Waals surface area contributed by atoms with E-state index in [0.29, 0.717) is 17.3 Å². The van der Waals surface area contributed by atoms with Gasteiger partial charge in [-0.05, 0) is 38.5 Å². The van der Waals surface area contributed by atoms with E-state index in [4.69, 9.17) is 4.74 Å². The second-order valence-electron chi connectivity index (χ2n) is 13.1. The SMILES string of the molecule is CCCCCCCC/C=C\CCCCCCCC(=O)OC(CC(=O)O)(C[N+](C)(C)C)C(=O)CCCCCCCCC. The Morgan fingerprint density at radius 1 is 0.634 bits per heavy atom. The van der Waals surface area contributed by atoms with Gasteiger partial charge in [-0.15, -0.1) is 0 Å². The van der Waals surface area contributed by atoms with Gasteiger partial charge in [-0.3, -0.25) is 14.4 Å². The number of hydrogen-bond donors (Lipinski definition) is 1. The third-order valence-electron chi connectivity index (χ3n) is 7.63. The number of carboxylic acids is 1. The number of nitrogens with zero attached hydrogens (tertiary/aromatic N) is 1. The predicted molar refractivity (Wildman–Crippen MR) is 171 cm³/mol. The monoisotopic (exact) mass is 580 g/mol. The Morgan fingerprint density at radius 3 is 1.49 bits per heavy atom. The quantitative estimate of drug-likeness (QED) is 0.0413. The van der Waals surface area contributed by atoms with Crippen molar-refractivity contribution in [1.82, 2.24) is 0 Å². The van der Waals surface area contributed by atoms with Crippen LogP contribution in [0.5, 0.6) is 0 Å². The summed E-state index contributed by atoms with van der Waals surface area (Å²) in [6, 6.07) is 0. The molecule has 0 aliphatic carbocycles. The van der Waals surface area contributed by atoms with E-state index in [1.54, 1.807) is 0 Å². The molecule has 0 saturated heterocycles. The first-order chi connectivity index (χ1) is 19.6. The summed E-state index contributed by atoms with van der Waals surface area (Å²) >= 11 is 0. The Bertz CT molecular complexity index is 712. The van der Waals surface area contributed by atoms with E-state index in [1.165, 1.54) is 64.2 Å². The number of Topliss-reactive ketones (excluding diaryl/α,β-unsaturated/α-hetero) is 1. The zero-order chi connectivity index (χ0) is 30.8. The summed E-state index contributed by atoms with van der Waals surface area (Å²) < 4.78 is 6.17. The molecule has 0 saturated carbocycles. The predicted octanol–water partition coefficient (Wildman–Crippen LogP) is 9.20. The van der Waals surface area contributed by atoms with Gasteiger partial charge in [0.1, 0.15) is 6.54 Å². The number of quaternary nitrogens is 1. The number of carbonyl (C=O) groups excluding carboxylic acids is 2. The maximum absolute atomic E-state index is 13.4. The summed E-state index contributed by atoms with van der Waals surface area (Å²) in [5, 5.41) is 9.66. The average Bonchev–Trinajstić information content (AvgIpc) is 2.88. The summed E-state index contributed by atoms with van der Waals surface area (Å²) in [6.07, 6.45) is 27.5. The molecule has 0 aromatic carbocycles. The molecule has 0 aromatic heterocycles. The van der Waals surface area contributed by atoms with E-state index >= 15 is 0 Å². The zero-order valence-corrected chi connectivity index (χ0v) is 27.7. The normalized spacial score (nSPS) is 13.4. The number of unbranched alkanes of at least 4 members (excludes halogenated alkanes) is 17. The van der Waals surface area contributed by atoms with E-state index in [9.17, 15) is 19.5 Å². The fourth-order valence-corrected chi connectivity index (χ4v) is 5.46. The zero-order valence-electron chi connectivity index (χ0n) is 27.7. The molecule has 6 heteroatoms. The molecular formula is C35H66NO5+. The first-order valence-corrected chi connectivity index (χ1v) is 17.0. The van der Waals surface area contributed by atoms with Crippen molar-refractivity contribution in [2.24, 2.45) is 0 Å². The lowest BCUT2D eigenvalue weighted by Crippen LogP contribution is -2.57. The van der Waals surface area contributed by atoms with Crippen molar-refractivity contribution in [3.05, 3.63) is 12.2 Å². The maximum Gasteiger partial charge on any atom is 0.308 e. The number of carbonyl (C=O) groups is 3. The Hall–Kier alpha value is -1.69. The minimum atomic E-state index is -1.61. The fourth-order valence-electron chi connectivity index (χ4n) is 5.46. The molecule has 41 heavy (non-hydrogen) atoms. The maximum atomic E-state index is 13.4. The number of carboxylic acid groups (broad SMARTS) is 1. The molecule has 0 rings (SSSR count). The lowest BCUT2D eigenvalue weighted by Gasteiger charge is -2.37. The van der Waals surface area contributed by atoms with Crippen molar-refractivity contribution in [2.75, 3.05) is 27.7 Å². The highest BCUT2D eigenvalue weighted by molar-refractivity contribution is 5.93. The van der Waals surface area contributed by atoms with Crippen LogP contribution in [0, 0.1) is 0 Å². The van der Waals surface area contributed by atoms with Crippen LogP contribution in [0.15, 0.2) is 12.2 Å². The van der Waals surface area contributed by atoms with Gasteiger partial charge in [0.15, 0.2) is 5.78 Å². The number of ether oxygens (including phenoxy) is 1. The summed E-state index contributed by atoms with van der Waals surface area (Å²) in [7, 11) is 5.69. The smallest absolute Gasteiger partial charge is 0.308 e. The number of esters is 1. The Labute approximate surface area is 253 Å². The van der Waals surface area contributed by atoms with Gasteiger partial charge in [-0.1, -0.05) is 116 Å². The third-order valence-corrected chi connectivity index (χ3v) is 7.63. The van der Waals surface area contributed by atoms with Crippen molar-refractivity contribution in [3.63, 3.8) is 0 Å². The van der Waals surface area contributed by atoms with Gasteiger partial charge in [0.25, 0.3) is 0 Å².